The number of nitrogens with zero attached hydrogens (tertiary/aromatic N) is 1. The smallest absolute Gasteiger partial charge is 0.243 e. The monoisotopic (exact) mass is 331 g/mol. The molecule has 4 nitrogen and oxygen atoms in total. The predicted octanol–water partition coefficient (Wildman–Crippen LogP) is 3.61. The Morgan fingerprint density at radius 2 is 2.25 bits per heavy atom. The first-order valence-corrected chi connectivity index (χ1v) is 7.93. The van der Waals surface area contributed by atoms with Gasteiger partial charge in [0, 0.05) is 5.38 Å². The number of thiazole rings is 1. The highest BCUT2D eigenvalue weighted by atomic mass is 35.5. The molecule has 0 radical (unpaired) electrons. The molecule has 0 aliphatic rings. The molecule has 7 heteroatoms. The second-order valence-corrected chi connectivity index (χ2v) is 6.22. The maximum atomic E-state index is 11.9. The molecule has 0 saturated heterocycles. The maximum Gasteiger partial charge on any atom is 0.243 e. The summed E-state index contributed by atoms with van der Waals surface area (Å²) in [4.78, 5) is 17.4. The molecule has 0 saturated carbocycles. The number of nitrogens with one attached hydrogen (secondary N) is 1. The van der Waals surface area contributed by atoms with Gasteiger partial charge in [-0.05, 0) is 17.4 Å². The third kappa shape index (κ3) is 4.02. The van der Waals surface area contributed by atoms with E-state index >= 15 is 0 Å². The highest BCUT2D eigenvalue weighted by molar-refractivity contribution is 7.16. The van der Waals surface area contributed by atoms with E-state index in [1.807, 2.05) is 36.7 Å². The molecule has 0 aliphatic heterocycles. The van der Waals surface area contributed by atoms with Gasteiger partial charge in [-0.2, -0.15) is 0 Å². The van der Waals surface area contributed by atoms with Gasteiger partial charge in [0.2, 0.25) is 5.91 Å². The van der Waals surface area contributed by atoms with Gasteiger partial charge in [0.1, 0.15) is 0 Å². The van der Waals surface area contributed by atoms with Gasteiger partial charge in [-0.3, -0.25) is 4.79 Å². The van der Waals surface area contributed by atoms with E-state index in [-0.39, 0.29) is 24.2 Å². The molecular weight excluding hydrogens is 314 g/mol. The van der Waals surface area contributed by atoms with E-state index in [9.17, 15) is 4.79 Å². The van der Waals surface area contributed by atoms with Crippen molar-refractivity contribution in [2.45, 2.75) is 26.3 Å². The Kier molecular flexibility index (Phi) is 6.61. The van der Waals surface area contributed by atoms with Crippen LogP contribution < -0.4 is 11.1 Å². The maximum absolute atomic E-state index is 11.9. The lowest BCUT2D eigenvalue weighted by Crippen LogP contribution is -2.40. The Morgan fingerprint density at radius 3 is 2.85 bits per heavy atom. The van der Waals surface area contributed by atoms with Gasteiger partial charge in [0.15, 0.2) is 5.13 Å². The standard InChI is InChI=1S/C13H17N3OS2.ClH/c1-3-8(2)11(14)12(17)16-13-15-9(7-19-13)10-5-4-6-18-10;/h4-8,11H,3,14H2,1-2H3,(H,15,16,17);1H. The first-order valence-electron chi connectivity index (χ1n) is 6.17. The van der Waals surface area contributed by atoms with Crippen molar-refractivity contribution in [1.29, 1.82) is 0 Å². The minimum atomic E-state index is -0.487. The lowest BCUT2D eigenvalue weighted by Gasteiger charge is -2.16. The van der Waals surface area contributed by atoms with Crippen LogP contribution in [0.3, 0.4) is 0 Å². The van der Waals surface area contributed by atoms with E-state index in [0.717, 1.165) is 17.0 Å². The van der Waals surface area contributed by atoms with Crippen LogP contribution in [-0.2, 0) is 4.79 Å². The molecule has 2 aromatic rings. The highest BCUT2D eigenvalue weighted by Gasteiger charge is 2.20. The van der Waals surface area contributed by atoms with Crippen LogP contribution in [0.25, 0.3) is 10.6 Å². The summed E-state index contributed by atoms with van der Waals surface area (Å²) in [6, 6.07) is 3.51. The van der Waals surface area contributed by atoms with Crippen molar-refractivity contribution in [3.63, 3.8) is 0 Å². The number of nitrogens with two attached hydrogens (primary N) is 1. The molecule has 2 rings (SSSR count). The Morgan fingerprint density at radius 1 is 1.50 bits per heavy atom. The molecule has 2 atom stereocenters. The van der Waals surface area contributed by atoms with Crippen LogP contribution in [0.1, 0.15) is 20.3 Å². The fourth-order valence-corrected chi connectivity index (χ4v) is 3.04. The van der Waals surface area contributed by atoms with E-state index < -0.39 is 6.04 Å². The van der Waals surface area contributed by atoms with Crippen LogP contribution >= 0.6 is 35.1 Å². The number of halogens is 1. The summed E-state index contributed by atoms with van der Waals surface area (Å²) in [5.41, 5.74) is 6.78. The van der Waals surface area contributed by atoms with Crippen LogP contribution in [0.4, 0.5) is 5.13 Å². The molecule has 2 unspecified atom stereocenters. The molecule has 0 aliphatic carbocycles. The SMILES string of the molecule is CCC(C)C(N)C(=O)Nc1nc(-c2cccs2)cs1.Cl. The summed E-state index contributed by atoms with van der Waals surface area (Å²) in [6.45, 7) is 4.00. The third-order valence-corrected chi connectivity index (χ3v) is 4.72. The summed E-state index contributed by atoms with van der Waals surface area (Å²) in [5, 5.41) is 7.34. The second kappa shape index (κ2) is 7.73. The van der Waals surface area contributed by atoms with E-state index in [0.29, 0.717) is 5.13 Å². The summed E-state index contributed by atoms with van der Waals surface area (Å²) in [7, 11) is 0. The fraction of sp³-hybridized carbons (Fsp3) is 0.385. The van der Waals surface area contributed by atoms with Gasteiger partial charge in [-0.15, -0.1) is 35.1 Å². The van der Waals surface area contributed by atoms with Crippen molar-refractivity contribution in [1.82, 2.24) is 4.98 Å². The Bertz CT molecular complexity index is 542. The van der Waals surface area contributed by atoms with Crippen molar-refractivity contribution in [2.75, 3.05) is 5.32 Å². The van der Waals surface area contributed by atoms with Gasteiger partial charge in [-0.25, -0.2) is 4.98 Å². The Balaban J connectivity index is 0.00000200. The summed E-state index contributed by atoms with van der Waals surface area (Å²) < 4.78 is 0. The summed E-state index contributed by atoms with van der Waals surface area (Å²) >= 11 is 3.05. The second-order valence-electron chi connectivity index (χ2n) is 4.42. The molecule has 110 valence electrons. The quantitative estimate of drug-likeness (QED) is 0.879. The minimum absolute atomic E-state index is 0. The average Bonchev–Trinajstić information content (AvgIpc) is 3.06. The number of hydrogen-bond donors (Lipinski definition) is 2. The minimum Gasteiger partial charge on any atom is -0.320 e. The number of carbonyl (C=O) groups is 1. The van der Waals surface area contributed by atoms with E-state index in [1.165, 1.54) is 11.3 Å². The highest BCUT2D eigenvalue weighted by Crippen LogP contribution is 2.28. The topological polar surface area (TPSA) is 68.0 Å². The third-order valence-electron chi connectivity index (χ3n) is 3.07. The number of thiophene rings is 1. The zero-order valence-electron chi connectivity index (χ0n) is 11.3. The van der Waals surface area contributed by atoms with Crippen LogP contribution in [0.5, 0.6) is 0 Å². The van der Waals surface area contributed by atoms with Crippen molar-refractivity contribution >= 4 is 46.1 Å². The average molecular weight is 332 g/mol. The zero-order chi connectivity index (χ0) is 13.8. The number of hydrogen-bond acceptors (Lipinski definition) is 5. The van der Waals surface area contributed by atoms with Crippen molar-refractivity contribution < 1.29 is 4.79 Å². The molecule has 0 spiro atoms. The number of aromatic nitrogens is 1. The van der Waals surface area contributed by atoms with Gasteiger partial charge in [0.25, 0.3) is 0 Å². The predicted molar refractivity (Wildman–Crippen MR) is 88.7 cm³/mol. The molecule has 20 heavy (non-hydrogen) atoms. The van der Waals surface area contributed by atoms with Gasteiger partial charge in [-0.1, -0.05) is 26.3 Å². The van der Waals surface area contributed by atoms with E-state index in [2.05, 4.69) is 10.3 Å². The number of anilines is 1. The van der Waals surface area contributed by atoms with Crippen molar-refractivity contribution in [3.05, 3.63) is 22.9 Å². The van der Waals surface area contributed by atoms with Crippen molar-refractivity contribution in [3.8, 4) is 10.6 Å². The van der Waals surface area contributed by atoms with Crippen LogP contribution in [0.2, 0.25) is 0 Å². The van der Waals surface area contributed by atoms with E-state index in [1.54, 1.807) is 11.3 Å². The first kappa shape index (κ1) is 17.1. The molecule has 3 N–H and O–H groups in total. The van der Waals surface area contributed by atoms with Crippen LogP contribution in [0.15, 0.2) is 22.9 Å². The first-order chi connectivity index (χ1) is 9.11. The molecule has 0 bridgehead atoms. The van der Waals surface area contributed by atoms with Crippen LogP contribution in [-0.4, -0.2) is 16.9 Å². The molecular formula is C13H18ClN3OS2. The molecule has 1 amide bonds. The lowest BCUT2D eigenvalue weighted by molar-refractivity contribution is -0.118. The lowest BCUT2D eigenvalue weighted by atomic mass is 10.00. The van der Waals surface area contributed by atoms with E-state index in [4.69, 9.17) is 5.73 Å². The summed E-state index contributed by atoms with van der Waals surface area (Å²) in [6.07, 6.45) is 0.882. The number of carbonyl (C=O) groups excluding carboxylic acids is 1. The summed E-state index contributed by atoms with van der Waals surface area (Å²) in [5.74, 6) is -0.00171. The Hall–Kier alpha value is -0.950. The fourth-order valence-electron chi connectivity index (χ4n) is 1.57. The largest absolute Gasteiger partial charge is 0.320 e. The van der Waals surface area contributed by atoms with Crippen molar-refractivity contribution in [2.24, 2.45) is 11.7 Å². The molecule has 2 aromatic heterocycles. The van der Waals surface area contributed by atoms with Crippen LogP contribution in [0, 0.1) is 5.92 Å². The zero-order valence-corrected chi connectivity index (χ0v) is 13.8. The van der Waals surface area contributed by atoms with Gasteiger partial charge >= 0.3 is 0 Å². The molecule has 0 fully saturated rings. The number of rotatable bonds is 5. The van der Waals surface area contributed by atoms with Gasteiger partial charge < -0.3 is 11.1 Å². The normalized spacial score (nSPS) is 13.3. The Labute approximate surface area is 132 Å². The number of amides is 1. The molecule has 2 heterocycles. The molecule has 0 aromatic carbocycles. The van der Waals surface area contributed by atoms with Gasteiger partial charge in [0.05, 0.1) is 16.6 Å².